The van der Waals surface area contributed by atoms with Gasteiger partial charge < -0.3 is 10.1 Å². The van der Waals surface area contributed by atoms with Crippen LogP contribution in [0.5, 0.6) is 0 Å². The Hall–Kier alpha value is -2.33. The minimum Gasteiger partial charge on any atom is -0.379 e. The maximum atomic E-state index is 13.9. The molecule has 2 aromatic rings. The van der Waals surface area contributed by atoms with Crippen molar-refractivity contribution < 1.29 is 22.3 Å². The summed E-state index contributed by atoms with van der Waals surface area (Å²) in [4.78, 5) is 15.1. The van der Waals surface area contributed by atoms with Crippen molar-refractivity contribution in [2.45, 2.75) is 24.3 Å². The number of sulfonamides is 1. The fourth-order valence-electron chi connectivity index (χ4n) is 4.11. The molecule has 1 N–H and O–H groups in total. The minimum atomic E-state index is -3.55. The number of piperidine rings is 1. The van der Waals surface area contributed by atoms with Crippen LogP contribution < -0.4 is 5.32 Å². The number of nitrogens with zero attached hydrogens (tertiary/aromatic N) is 2. The van der Waals surface area contributed by atoms with Gasteiger partial charge in [-0.1, -0.05) is 18.2 Å². The highest BCUT2D eigenvalue weighted by Gasteiger charge is 2.27. The number of carbonyl (C=O) groups excluding carboxylic acids is 1. The summed E-state index contributed by atoms with van der Waals surface area (Å²) in [6.45, 7) is 3.47. The number of anilines is 1. The van der Waals surface area contributed by atoms with E-state index in [0.29, 0.717) is 56.9 Å². The highest BCUT2D eigenvalue weighted by molar-refractivity contribution is 7.89. The molecule has 0 aliphatic carbocycles. The Morgan fingerprint density at radius 1 is 1.00 bits per heavy atom. The lowest BCUT2D eigenvalue weighted by Crippen LogP contribution is -2.40. The summed E-state index contributed by atoms with van der Waals surface area (Å²) in [7, 11) is -3.55. The Morgan fingerprint density at radius 3 is 2.31 bits per heavy atom. The van der Waals surface area contributed by atoms with E-state index >= 15 is 0 Å². The van der Waals surface area contributed by atoms with Gasteiger partial charge >= 0.3 is 0 Å². The molecule has 2 aromatic carbocycles. The number of hydrogen-bond donors (Lipinski definition) is 1. The number of hydrogen-bond acceptors (Lipinski definition) is 5. The van der Waals surface area contributed by atoms with Gasteiger partial charge in [0.15, 0.2) is 0 Å². The summed E-state index contributed by atoms with van der Waals surface area (Å²) < 4.78 is 45.9. The molecule has 0 saturated carbocycles. The number of benzene rings is 2. The van der Waals surface area contributed by atoms with E-state index in [1.807, 2.05) is 6.07 Å². The lowest BCUT2D eigenvalue weighted by Gasteiger charge is -2.31. The first-order valence-electron chi connectivity index (χ1n) is 10.9. The van der Waals surface area contributed by atoms with Crippen LogP contribution in [0.1, 0.15) is 18.4 Å². The van der Waals surface area contributed by atoms with Gasteiger partial charge in [0.2, 0.25) is 15.9 Å². The molecule has 2 aliphatic rings. The molecule has 2 saturated heterocycles. The zero-order valence-electron chi connectivity index (χ0n) is 17.9. The van der Waals surface area contributed by atoms with Gasteiger partial charge in [-0.15, -0.1) is 0 Å². The van der Waals surface area contributed by atoms with Crippen molar-refractivity contribution >= 4 is 21.6 Å². The molecule has 172 valence electrons. The third kappa shape index (κ3) is 5.35. The molecule has 32 heavy (non-hydrogen) atoms. The summed E-state index contributed by atoms with van der Waals surface area (Å²) in [5.74, 6) is -0.394. The van der Waals surface area contributed by atoms with Crippen LogP contribution in [0.25, 0.3) is 0 Å². The Balaban J connectivity index is 1.29. The molecule has 9 heteroatoms. The summed E-state index contributed by atoms with van der Waals surface area (Å²) in [6.07, 6.45) is 1.40. The topological polar surface area (TPSA) is 79.0 Å². The Kier molecular flexibility index (Phi) is 7.20. The van der Waals surface area contributed by atoms with Gasteiger partial charge in [0.05, 0.1) is 18.1 Å². The molecule has 0 spiro atoms. The molecular formula is C23H28FN3O4S. The van der Waals surface area contributed by atoms with Gasteiger partial charge in [-0.25, -0.2) is 12.8 Å². The highest BCUT2D eigenvalue weighted by atomic mass is 32.2. The van der Waals surface area contributed by atoms with Gasteiger partial charge in [0.1, 0.15) is 5.82 Å². The second-order valence-electron chi connectivity index (χ2n) is 8.17. The van der Waals surface area contributed by atoms with E-state index in [4.69, 9.17) is 4.74 Å². The molecule has 2 heterocycles. The van der Waals surface area contributed by atoms with E-state index < -0.39 is 10.0 Å². The Labute approximate surface area is 188 Å². The number of morpholine rings is 1. The number of likely N-dealkylation sites (tertiary alicyclic amines) is 1. The quantitative estimate of drug-likeness (QED) is 0.716. The molecule has 1 amide bonds. The third-order valence-electron chi connectivity index (χ3n) is 6.04. The van der Waals surface area contributed by atoms with Gasteiger partial charge in [-0.3, -0.25) is 9.69 Å². The average molecular weight is 462 g/mol. The largest absolute Gasteiger partial charge is 0.379 e. The van der Waals surface area contributed by atoms with Gasteiger partial charge in [-0.2, -0.15) is 4.31 Å². The molecule has 0 radical (unpaired) electrons. The van der Waals surface area contributed by atoms with Crippen molar-refractivity contribution in [3.63, 3.8) is 0 Å². The third-order valence-corrected chi connectivity index (χ3v) is 7.95. The maximum absolute atomic E-state index is 13.9. The number of halogens is 1. The van der Waals surface area contributed by atoms with Crippen LogP contribution >= 0.6 is 0 Å². The van der Waals surface area contributed by atoms with Crippen molar-refractivity contribution in [2.24, 2.45) is 5.92 Å². The maximum Gasteiger partial charge on any atom is 0.243 e. The molecule has 7 nitrogen and oxygen atoms in total. The second kappa shape index (κ2) is 10.1. The lowest BCUT2D eigenvalue weighted by atomic mass is 9.95. The standard InChI is InChI=1S/C23H28FN3O4S/c24-22-4-2-1-3-19(22)17-26-11-9-18(10-12-26)23(28)25-20-5-7-21(8-6-20)32(29,30)27-13-15-31-16-14-27/h1-8,18H,9-17H2,(H,25,28). The first kappa shape index (κ1) is 22.8. The smallest absolute Gasteiger partial charge is 0.243 e. The van der Waals surface area contributed by atoms with Crippen molar-refractivity contribution in [3.05, 3.63) is 59.9 Å². The van der Waals surface area contributed by atoms with E-state index in [2.05, 4.69) is 10.2 Å². The first-order valence-corrected chi connectivity index (χ1v) is 12.3. The van der Waals surface area contributed by atoms with Crippen molar-refractivity contribution in [1.29, 1.82) is 0 Å². The molecule has 0 aromatic heterocycles. The van der Waals surface area contributed by atoms with Crippen LogP contribution in [0.2, 0.25) is 0 Å². The predicted molar refractivity (Wildman–Crippen MR) is 119 cm³/mol. The number of amides is 1. The van der Waals surface area contributed by atoms with Crippen LogP contribution in [0.15, 0.2) is 53.4 Å². The molecule has 0 unspecified atom stereocenters. The van der Waals surface area contributed by atoms with Crippen LogP contribution in [0.3, 0.4) is 0 Å². The van der Waals surface area contributed by atoms with Crippen molar-refractivity contribution in [1.82, 2.24) is 9.21 Å². The van der Waals surface area contributed by atoms with E-state index in [-0.39, 0.29) is 22.5 Å². The SMILES string of the molecule is O=C(Nc1ccc(S(=O)(=O)N2CCOCC2)cc1)C1CCN(Cc2ccccc2F)CC1. The van der Waals surface area contributed by atoms with Crippen LogP contribution in [-0.2, 0) is 26.1 Å². The molecule has 2 aliphatic heterocycles. The summed E-state index contributed by atoms with van der Waals surface area (Å²) in [6, 6.07) is 13.1. The fraction of sp³-hybridized carbons (Fsp3) is 0.435. The zero-order chi connectivity index (χ0) is 22.6. The van der Waals surface area contributed by atoms with E-state index in [9.17, 15) is 17.6 Å². The van der Waals surface area contributed by atoms with E-state index in [0.717, 1.165) is 13.1 Å². The van der Waals surface area contributed by atoms with Crippen LogP contribution in [0, 0.1) is 11.7 Å². The van der Waals surface area contributed by atoms with E-state index in [1.54, 1.807) is 24.3 Å². The predicted octanol–water partition coefficient (Wildman–Crippen LogP) is 2.70. The molecule has 4 rings (SSSR count). The van der Waals surface area contributed by atoms with Crippen molar-refractivity contribution in [2.75, 3.05) is 44.7 Å². The average Bonchev–Trinajstić information content (AvgIpc) is 2.82. The Bertz CT molecular complexity index is 1030. The summed E-state index contributed by atoms with van der Waals surface area (Å²) >= 11 is 0. The Morgan fingerprint density at radius 2 is 1.66 bits per heavy atom. The van der Waals surface area contributed by atoms with Crippen molar-refractivity contribution in [3.8, 4) is 0 Å². The summed E-state index contributed by atoms with van der Waals surface area (Å²) in [5.41, 5.74) is 1.24. The van der Waals surface area contributed by atoms with E-state index in [1.165, 1.54) is 22.5 Å². The molecule has 2 fully saturated rings. The molecule has 0 bridgehead atoms. The number of ether oxygens (including phenoxy) is 1. The van der Waals surface area contributed by atoms with Crippen LogP contribution in [0.4, 0.5) is 10.1 Å². The molecular weight excluding hydrogens is 433 g/mol. The highest BCUT2D eigenvalue weighted by Crippen LogP contribution is 2.23. The first-order chi connectivity index (χ1) is 15.4. The van der Waals surface area contributed by atoms with Crippen LogP contribution in [-0.4, -0.2) is 62.9 Å². The lowest BCUT2D eigenvalue weighted by molar-refractivity contribution is -0.121. The fourth-order valence-corrected chi connectivity index (χ4v) is 5.52. The second-order valence-corrected chi connectivity index (χ2v) is 10.1. The number of nitrogens with one attached hydrogen (secondary N) is 1. The van der Waals surface area contributed by atoms with Gasteiger partial charge in [-0.05, 0) is 56.3 Å². The normalized spacial score (nSPS) is 19.0. The number of carbonyl (C=O) groups is 1. The van der Waals surface area contributed by atoms with Gasteiger partial charge in [0, 0.05) is 36.8 Å². The summed E-state index contributed by atoms with van der Waals surface area (Å²) in [5, 5.41) is 2.90. The zero-order valence-corrected chi connectivity index (χ0v) is 18.7. The molecule has 0 atom stereocenters. The van der Waals surface area contributed by atoms with Gasteiger partial charge in [0.25, 0.3) is 0 Å². The minimum absolute atomic E-state index is 0.0701. The monoisotopic (exact) mass is 461 g/mol. The number of rotatable bonds is 6.